The monoisotopic (exact) mass is 306 g/mol. The van der Waals surface area contributed by atoms with Crippen LogP contribution in [0, 0.1) is 18.3 Å². The molecule has 0 aliphatic heterocycles. The summed E-state index contributed by atoms with van der Waals surface area (Å²) in [4.78, 5) is 1.14. The summed E-state index contributed by atoms with van der Waals surface area (Å²) in [5.41, 5.74) is 1.13. The summed E-state index contributed by atoms with van der Waals surface area (Å²) >= 11 is 1.51. The van der Waals surface area contributed by atoms with Crippen molar-refractivity contribution in [2.75, 3.05) is 0 Å². The van der Waals surface area contributed by atoms with Crippen molar-refractivity contribution in [2.45, 2.75) is 24.8 Å². The van der Waals surface area contributed by atoms with E-state index < -0.39 is 10.0 Å². The van der Waals surface area contributed by atoms with Crippen molar-refractivity contribution in [1.82, 2.24) is 4.72 Å². The van der Waals surface area contributed by atoms with Crippen LogP contribution in [-0.4, -0.2) is 8.42 Å². The fourth-order valence-corrected chi connectivity index (χ4v) is 3.94. The van der Waals surface area contributed by atoms with E-state index in [2.05, 4.69) is 4.72 Å². The quantitative estimate of drug-likeness (QED) is 0.944. The van der Waals surface area contributed by atoms with Gasteiger partial charge in [0.15, 0.2) is 0 Å². The van der Waals surface area contributed by atoms with Crippen LogP contribution in [0.2, 0.25) is 0 Å². The smallest absolute Gasteiger partial charge is 0.207 e. The van der Waals surface area contributed by atoms with Crippen molar-refractivity contribution in [1.29, 1.82) is 5.26 Å². The molecule has 0 radical (unpaired) electrons. The Morgan fingerprint density at radius 1 is 1.35 bits per heavy atom. The molecule has 4 nitrogen and oxygen atoms in total. The highest BCUT2D eigenvalue weighted by atomic mass is 32.2. The fraction of sp³-hybridized carbons (Fsp3) is 0.214. The van der Waals surface area contributed by atoms with Gasteiger partial charge in [-0.05, 0) is 49.1 Å². The standard InChI is InChI=1S/C14H14N2O2S2/c1-10-8-13(6-5-12(10)9-15)20(17,18)16-11(2)14-4-3-7-19-14/h3-8,11,16H,1-2H3. The van der Waals surface area contributed by atoms with Crippen LogP contribution in [0.5, 0.6) is 0 Å². The van der Waals surface area contributed by atoms with Gasteiger partial charge < -0.3 is 0 Å². The van der Waals surface area contributed by atoms with Gasteiger partial charge in [-0.1, -0.05) is 6.07 Å². The van der Waals surface area contributed by atoms with Gasteiger partial charge in [-0.2, -0.15) is 5.26 Å². The normalized spacial score (nSPS) is 12.8. The fourth-order valence-electron chi connectivity index (χ4n) is 1.83. The maximum Gasteiger partial charge on any atom is 0.241 e. The molecule has 0 aliphatic carbocycles. The van der Waals surface area contributed by atoms with Crippen LogP contribution in [0.3, 0.4) is 0 Å². The van der Waals surface area contributed by atoms with Gasteiger partial charge in [0.1, 0.15) is 0 Å². The summed E-state index contributed by atoms with van der Waals surface area (Å²) in [7, 11) is -3.59. The number of nitrogens with zero attached hydrogens (tertiary/aromatic N) is 1. The minimum atomic E-state index is -3.59. The van der Waals surface area contributed by atoms with Crippen molar-refractivity contribution in [3.63, 3.8) is 0 Å². The predicted octanol–water partition coefficient (Wildman–Crippen LogP) is 2.97. The van der Waals surface area contributed by atoms with Crippen molar-refractivity contribution in [2.24, 2.45) is 0 Å². The number of hydrogen-bond acceptors (Lipinski definition) is 4. The Labute approximate surface area is 122 Å². The van der Waals surface area contributed by atoms with Gasteiger partial charge in [0.25, 0.3) is 0 Å². The van der Waals surface area contributed by atoms with Crippen LogP contribution in [0.25, 0.3) is 0 Å². The molecule has 0 aliphatic rings. The zero-order valence-corrected chi connectivity index (χ0v) is 12.8. The molecular weight excluding hydrogens is 292 g/mol. The minimum absolute atomic E-state index is 0.178. The number of sulfonamides is 1. The molecule has 0 amide bonds. The predicted molar refractivity (Wildman–Crippen MR) is 78.9 cm³/mol. The van der Waals surface area contributed by atoms with Crippen molar-refractivity contribution < 1.29 is 8.42 Å². The number of benzene rings is 1. The molecule has 0 fully saturated rings. The second kappa shape index (κ2) is 5.75. The highest BCUT2D eigenvalue weighted by Gasteiger charge is 2.19. The number of thiophene rings is 1. The van der Waals surface area contributed by atoms with E-state index >= 15 is 0 Å². The van der Waals surface area contributed by atoms with E-state index in [-0.39, 0.29) is 10.9 Å². The Kier molecular flexibility index (Phi) is 4.23. The Bertz CT molecular complexity index is 744. The first-order valence-corrected chi connectivity index (χ1v) is 8.37. The van der Waals surface area contributed by atoms with Gasteiger partial charge in [-0.3, -0.25) is 0 Å². The lowest BCUT2D eigenvalue weighted by Gasteiger charge is -2.13. The number of aryl methyl sites for hydroxylation is 1. The lowest BCUT2D eigenvalue weighted by molar-refractivity contribution is 0.568. The number of hydrogen-bond donors (Lipinski definition) is 1. The third kappa shape index (κ3) is 3.07. The van der Waals surface area contributed by atoms with E-state index in [0.717, 1.165) is 4.88 Å². The summed E-state index contributed by atoms with van der Waals surface area (Å²) in [6.07, 6.45) is 0. The second-order valence-corrected chi connectivity index (χ2v) is 7.14. The van der Waals surface area contributed by atoms with Gasteiger partial charge in [0.2, 0.25) is 10.0 Å². The summed E-state index contributed by atoms with van der Waals surface area (Å²) in [5, 5.41) is 10.8. The molecule has 1 N–H and O–H groups in total. The van der Waals surface area contributed by atoms with Crippen LogP contribution < -0.4 is 4.72 Å². The summed E-state index contributed by atoms with van der Waals surface area (Å²) in [5.74, 6) is 0. The number of nitriles is 1. The molecule has 2 aromatic rings. The van der Waals surface area contributed by atoms with E-state index in [1.54, 1.807) is 13.8 Å². The molecule has 1 unspecified atom stereocenters. The summed E-state index contributed by atoms with van der Waals surface area (Å²) in [6.45, 7) is 3.53. The third-order valence-corrected chi connectivity index (χ3v) is 5.52. The molecule has 1 aromatic carbocycles. The zero-order chi connectivity index (χ0) is 14.8. The maximum atomic E-state index is 12.3. The van der Waals surface area contributed by atoms with E-state index in [1.807, 2.05) is 23.6 Å². The summed E-state index contributed by atoms with van der Waals surface area (Å²) < 4.78 is 27.2. The van der Waals surface area contributed by atoms with E-state index in [0.29, 0.717) is 11.1 Å². The van der Waals surface area contributed by atoms with E-state index in [1.165, 1.54) is 29.5 Å². The van der Waals surface area contributed by atoms with Crippen LogP contribution in [0.15, 0.2) is 40.6 Å². The average Bonchev–Trinajstić information content (AvgIpc) is 2.92. The van der Waals surface area contributed by atoms with Gasteiger partial charge in [-0.25, -0.2) is 13.1 Å². The first-order valence-electron chi connectivity index (χ1n) is 6.00. The molecule has 2 rings (SSSR count). The largest absolute Gasteiger partial charge is 0.241 e. The molecule has 0 spiro atoms. The average molecular weight is 306 g/mol. The molecule has 104 valence electrons. The molecular formula is C14H14N2O2S2. The highest BCUT2D eigenvalue weighted by molar-refractivity contribution is 7.89. The first-order chi connectivity index (χ1) is 9.44. The topological polar surface area (TPSA) is 70.0 Å². The Hall–Kier alpha value is -1.68. The Balaban J connectivity index is 2.27. The molecule has 1 atom stereocenters. The summed E-state index contributed by atoms with van der Waals surface area (Å²) in [6, 6.07) is 10.0. The SMILES string of the molecule is Cc1cc(S(=O)(=O)NC(C)c2cccs2)ccc1C#N. The van der Waals surface area contributed by atoms with E-state index in [9.17, 15) is 8.42 Å². The van der Waals surface area contributed by atoms with Crippen LogP contribution in [-0.2, 0) is 10.0 Å². The minimum Gasteiger partial charge on any atom is -0.207 e. The lowest BCUT2D eigenvalue weighted by atomic mass is 10.1. The maximum absolute atomic E-state index is 12.3. The molecule has 0 bridgehead atoms. The first kappa shape index (κ1) is 14.7. The van der Waals surface area contributed by atoms with Crippen LogP contribution >= 0.6 is 11.3 Å². The van der Waals surface area contributed by atoms with Crippen molar-refractivity contribution in [3.05, 3.63) is 51.7 Å². The van der Waals surface area contributed by atoms with Gasteiger partial charge in [-0.15, -0.1) is 11.3 Å². The molecule has 1 aromatic heterocycles. The second-order valence-electron chi connectivity index (χ2n) is 4.45. The van der Waals surface area contributed by atoms with Crippen molar-refractivity contribution in [3.8, 4) is 6.07 Å². The highest BCUT2D eigenvalue weighted by Crippen LogP contribution is 2.22. The molecule has 6 heteroatoms. The Morgan fingerprint density at radius 2 is 2.10 bits per heavy atom. The van der Waals surface area contributed by atoms with E-state index in [4.69, 9.17) is 5.26 Å². The molecule has 0 saturated carbocycles. The van der Waals surface area contributed by atoms with Gasteiger partial charge >= 0.3 is 0 Å². The third-order valence-electron chi connectivity index (χ3n) is 2.93. The van der Waals surface area contributed by atoms with Gasteiger partial charge in [0, 0.05) is 4.88 Å². The Morgan fingerprint density at radius 3 is 2.65 bits per heavy atom. The number of nitrogens with one attached hydrogen (secondary N) is 1. The van der Waals surface area contributed by atoms with Crippen LogP contribution in [0.4, 0.5) is 0 Å². The van der Waals surface area contributed by atoms with Crippen LogP contribution in [0.1, 0.15) is 29.0 Å². The lowest BCUT2D eigenvalue weighted by Crippen LogP contribution is -2.26. The molecule has 1 heterocycles. The zero-order valence-electron chi connectivity index (χ0n) is 11.1. The molecule has 0 saturated heterocycles. The number of rotatable bonds is 4. The van der Waals surface area contributed by atoms with Crippen molar-refractivity contribution >= 4 is 21.4 Å². The van der Waals surface area contributed by atoms with Gasteiger partial charge in [0.05, 0.1) is 22.6 Å². The molecule has 20 heavy (non-hydrogen) atoms.